The van der Waals surface area contributed by atoms with E-state index in [-0.39, 0.29) is 5.15 Å². The molecule has 1 aromatic rings. The van der Waals surface area contributed by atoms with Crippen molar-refractivity contribution in [1.82, 2.24) is 4.98 Å². The highest BCUT2D eigenvalue weighted by molar-refractivity contribution is 6.66. The van der Waals surface area contributed by atoms with E-state index in [1.54, 1.807) is 0 Å². The van der Waals surface area contributed by atoms with Gasteiger partial charge in [-0.15, -0.1) is 0 Å². The lowest BCUT2D eigenvalue weighted by atomic mass is 10.3. The summed E-state index contributed by atoms with van der Waals surface area (Å²) in [5.41, 5.74) is 0.365. The maximum absolute atomic E-state index is 5.66. The summed E-state index contributed by atoms with van der Waals surface area (Å²) in [5.74, 6) is 0.403. The number of alkyl halides is 3. The quantitative estimate of drug-likeness (QED) is 0.569. The Morgan fingerprint density at radius 1 is 1.38 bits per heavy atom. The standard InChI is InChI=1S/C7H5Cl4NO/c1-13-5-2-6(8)12-3-4(5)7(9,10)11/h2-3H,1H3. The van der Waals surface area contributed by atoms with Crippen molar-refractivity contribution < 1.29 is 4.74 Å². The lowest BCUT2D eigenvalue weighted by molar-refractivity contribution is 0.409. The first-order chi connectivity index (χ1) is 5.95. The Labute approximate surface area is 95.7 Å². The third-order valence-corrected chi connectivity index (χ3v) is 2.18. The van der Waals surface area contributed by atoms with Crippen LogP contribution in [0.25, 0.3) is 0 Å². The van der Waals surface area contributed by atoms with Gasteiger partial charge in [0, 0.05) is 12.3 Å². The van der Waals surface area contributed by atoms with Crippen molar-refractivity contribution in [3.8, 4) is 5.75 Å². The fourth-order valence-electron chi connectivity index (χ4n) is 0.795. The molecule has 0 amide bonds. The lowest BCUT2D eigenvalue weighted by Crippen LogP contribution is -2.04. The summed E-state index contributed by atoms with van der Waals surface area (Å²) < 4.78 is 3.42. The van der Waals surface area contributed by atoms with Crippen LogP contribution in [0.4, 0.5) is 0 Å². The monoisotopic (exact) mass is 259 g/mol. The average molecular weight is 261 g/mol. The summed E-state index contributed by atoms with van der Waals surface area (Å²) in [7, 11) is 1.46. The Morgan fingerprint density at radius 3 is 2.46 bits per heavy atom. The molecule has 1 rings (SSSR count). The van der Waals surface area contributed by atoms with E-state index in [1.165, 1.54) is 19.4 Å². The van der Waals surface area contributed by atoms with Crippen molar-refractivity contribution in [2.24, 2.45) is 0 Å². The number of methoxy groups -OCH3 is 1. The summed E-state index contributed by atoms with van der Waals surface area (Å²) in [5, 5.41) is 0.287. The minimum Gasteiger partial charge on any atom is -0.496 e. The van der Waals surface area contributed by atoms with Crippen LogP contribution < -0.4 is 4.74 Å². The van der Waals surface area contributed by atoms with Crippen molar-refractivity contribution in [3.05, 3.63) is 23.0 Å². The fourth-order valence-corrected chi connectivity index (χ4v) is 1.37. The molecular weight excluding hydrogens is 256 g/mol. The van der Waals surface area contributed by atoms with Crippen molar-refractivity contribution >= 4 is 46.4 Å². The molecule has 1 heterocycles. The first-order valence-electron chi connectivity index (χ1n) is 3.22. The third kappa shape index (κ3) is 2.78. The Hall–Kier alpha value is 0.110. The maximum atomic E-state index is 5.66. The van der Waals surface area contributed by atoms with Crippen molar-refractivity contribution in [1.29, 1.82) is 0 Å². The van der Waals surface area contributed by atoms with Gasteiger partial charge in [-0.25, -0.2) is 4.98 Å². The number of rotatable bonds is 1. The molecule has 0 spiro atoms. The van der Waals surface area contributed by atoms with E-state index in [0.29, 0.717) is 11.3 Å². The van der Waals surface area contributed by atoms with Crippen LogP contribution in [0.2, 0.25) is 5.15 Å². The molecule has 0 unspecified atom stereocenters. The zero-order chi connectivity index (χ0) is 10.1. The molecule has 2 nitrogen and oxygen atoms in total. The highest BCUT2D eigenvalue weighted by Gasteiger charge is 2.27. The highest BCUT2D eigenvalue weighted by atomic mass is 35.6. The van der Waals surface area contributed by atoms with Crippen molar-refractivity contribution in [2.75, 3.05) is 7.11 Å². The maximum Gasteiger partial charge on any atom is 0.221 e. The first kappa shape index (κ1) is 11.2. The molecule has 0 aromatic carbocycles. The second-order valence-electron chi connectivity index (χ2n) is 2.21. The van der Waals surface area contributed by atoms with Gasteiger partial charge in [0.15, 0.2) is 0 Å². The van der Waals surface area contributed by atoms with Gasteiger partial charge in [0.05, 0.1) is 12.7 Å². The molecule has 0 N–H and O–H groups in total. The number of pyridine rings is 1. The van der Waals surface area contributed by atoms with E-state index < -0.39 is 3.79 Å². The van der Waals surface area contributed by atoms with Crippen LogP contribution in [0.5, 0.6) is 5.75 Å². The van der Waals surface area contributed by atoms with Crippen molar-refractivity contribution in [3.63, 3.8) is 0 Å². The Bertz CT molecular complexity index is 310. The van der Waals surface area contributed by atoms with Gasteiger partial charge in [-0.2, -0.15) is 0 Å². The topological polar surface area (TPSA) is 22.1 Å². The molecule has 0 saturated heterocycles. The average Bonchev–Trinajstić information content (AvgIpc) is 2.01. The summed E-state index contributed by atoms with van der Waals surface area (Å²) in [6, 6.07) is 1.48. The Kier molecular flexibility index (Phi) is 3.52. The summed E-state index contributed by atoms with van der Waals surface area (Å²) in [4.78, 5) is 3.79. The van der Waals surface area contributed by atoms with E-state index >= 15 is 0 Å². The molecule has 0 bridgehead atoms. The number of ether oxygens (including phenoxy) is 1. The van der Waals surface area contributed by atoms with Gasteiger partial charge >= 0.3 is 0 Å². The number of halogens is 4. The minimum absolute atomic E-state index is 0.287. The van der Waals surface area contributed by atoms with Crippen molar-refractivity contribution in [2.45, 2.75) is 3.79 Å². The minimum atomic E-state index is -1.55. The molecule has 72 valence electrons. The van der Waals surface area contributed by atoms with Gasteiger partial charge in [0.25, 0.3) is 0 Å². The van der Waals surface area contributed by atoms with E-state index in [4.69, 9.17) is 51.1 Å². The Balaban J connectivity index is 3.22. The zero-order valence-corrected chi connectivity index (χ0v) is 9.55. The van der Waals surface area contributed by atoms with Crippen LogP contribution in [0.1, 0.15) is 5.56 Å². The number of hydrogen-bond acceptors (Lipinski definition) is 2. The van der Waals surface area contributed by atoms with Gasteiger partial charge in [-0.1, -0.05) is 46.4 Å². The lowest BCUT2D eigenvalue weighted by Gasteiger charge is -2.14. The van der Waals surface area contributed by atoms with Crippen LogP contribution in [-0.4, -0.2) is 12.1 Å². The summed E-state index contributed by atoms with van der Waals surface area (Å²) >= 11 is 22.6. The molecule has 0 aliphatic heterocycles. The molecule has 0 aliphatic rings. The Morgan fingerprint density at radius 2 is 2.00 bits per heavy atom. The van der Waals surface area contributed by atoms with Gasteiger partial charge in [0.2, 0.25) is 3.79 Å². The largest absolute Gasteiger partial charge is 0.496 e. The van der Waals surface area contributed by atoms with E-state index in [9.17, 15) is 0 Å². The van der Waals surface area contributed by atoms with Gasteiger partial charge in [0.1, 0.15) is 10.9 Å². The van der Waals surface area contributed by atoms with Crippen LogP contribution >= 0.6 is 46.4 Å². The van der Waals surface area contributed by atoms with E-state index in [2.05, 4.69) is 4.98 Å². The zero-order valence-electron chi connectivity index (χ0n) is 6.52. The molecule has 13 heavy (non-hydrogen) atoms. The van der Waals surface area contributed by atoms with Crippen LogP contribution in [-0.2, 0) is 3.79 Å². The van der Waals surface area contributed by atoms with Gasteiger partial charge in [-0.3, -0.25) is 0 Å². The third-order valence-electron chi connectivity index (χ3n) is 1.36. The van der Waals surface area contributed by atoms with Gasteiger partial charge in [-0.05, 0) is 0 Å². The molecule has 0 fully saturated rings. The second-order valence-corrected chi connectivity index (χ2v) is 4.87. The SMILES string of the molecule is COc1cc(Cl)ncc1C(Cl)(Cl)Cl. The second kappa shape index (κ2) is 4.09. The molecule has 0 radical (unpaired) electrons. The highest BCUT2D eigenvalue weighted by Crippen LogP contribution is 2.42. The predicted molar refractivity (Wildman–Crippen MR) is 55.0 cm³/mol. The molecule has 0 saturated carbocycles. The molecule has 1 aromatic heterocycles. The smallest absolute Gasteiger partial charge is 0.221 e. The van der Waals surface area contributed by atoms with Crippen LogP contribution in [0.15, 0.2) is 12.3 Å². The predicted octanol–water partition coefficient (Wildman–Crippen LogP) is 3.57. The number of nitrogens with zero attached hydrogens (tertiary/aromatic N) is 1. The van der Waals surface area contributed by atoms with Crippen LogP contribution in [0.3, 0.4) is 0 Å². The normalized spacial score (nSPS) is 11.5. The van der Waals surface area contributed by atoms with E-state index in [1.807, 2.05) is 0 Å². The van der Waals surface area contributed by atoms with Gasteiger partial charge < -0.3 is 4.74 Å². The summed E-state index contributed by atoms with van der Waals surface area (Å²) in [6.07, 6.45) is 1.37. The molecule has 0 atom stereocenters. The fraction of sp³-hybridized carbons (Fsp3) is 0.286. The number of hydrogen-bond donors (Lipinski definition) is 0. The molecule has 6 heteroatoms. The molecular formula is C7H5Cl4NO. The summed E-state index contributed by atoms with van der Waals surface area (Å²) in [6.45, 7) is 0. The number of aromatic nitrogens is 1. The van der Waals surface area contributed by atoms with Crippen LogP contribution in [0, 0.1) is 0 Å². The van der Waals surface area contributed by atoms with E-state index in [0.717, 1.165) is 0 Å². The molecule has 0 aliphatic carbocycles. The first-order valence-corrected chi connectivity index (χ1v) is 4.73.